The number of nitrogens with two attached hydrogens (primary N) is 1. The lowest BCUT2D eigenvalue weighted by atomic mass is 10.1. The molecule has 0 unspecified atom stereocenters. The van der Waals surface area contributed by atoms with Gasteiger partial charge in [0.2, 0.25) is 5.13 Å². The van der Waals surface area contributed by atoms with Crippen LogP contribution < -0.4 is 15.4 Å². The molecule has 7 heteroatoms. The van der Waals surface area contributed by atoms with Gasteiger partial charge in [0.15, 0.2) is 0 Å². The predicted molar refractivity (Wildman–Crippen MR) is 93.4 cm³/mol. The highest BCUT2D eigenvalue weighted by Gasteiger charge is 2.19. The van der Waals surface area contributed by atoms with Crippen molar-refractivity contribution in [2.75, 3.05) is 51.3 Å². The van der Waals surface area contributed by atoms with E-state index in [9.17, 15) is 0 Å². The average Bonchev–Trinajstić information content (AvgIpc) is 3.04. The first-order valence-electron chi connectivity index (χ1n) is 7.91. The molecule has 0 radical (unpaired) electrons. The lowest BCUT2D eigenvalue weighted by Gasteiger charge is -2.33. The fourth-order valence-electron chi connectivity index (χ4n) is 2.76. The van der Waals surface area contributed by atoms with Crippen molar-refractivity contribution < 1.29 is 4.74 Å². The molecule has 0 spiro atoms. The zero-order valence-electron chi connectivity index (χ0n) is 13.4. The molecule has 2 N–H and O–H groups in total. The third kappa shape index (κ3) is 4.19. The van der Waals surface area contributed by atoms with Crippen LogP contribution in [-0.2, 0) is 6.42 Å². The number of nitrogens with zero attached hydrogens (tertiary/aromatic N) is 4. The molecule has 0 aliphatic carbocycles. The van der Waals surface area contributed by atoms with E-state index in [2.05, 4.69) is 20.2 Å². The number of piperazine rings is 1. The molecule has 0 saturated carbocycles. The predicted octanol–water partition coefficient (Wildman–Crippen LogP) is 1.22. The van der Waals surface area contributed by atoms with Crippen molar-refractivity contribution >= 4 is 16.7 Å². The summed E-state index contributed by atoms with van der Waals surface area (Å²) in [7, 11) is 1.68. The van der Waals surface area contributed by atoms with Gasteiger partial charge in [0.05, 0.1) is 7.11 Å². The summed E-state index contributed by atoms with van der Waals surface area (Å²) in [6.07, 6.45) is 0.737. The SMILES string of the molecule is COc1cccc(Cc2nsc(N3CCN(CCN)CC3)n2)c1. The second kappa shape index (κ2) is 7.72. The molecule has 0 bridgehead atoms. The molecule has 6 nitrogen and oxygen atoms in total. The Hall–Kier alpha value is -1.70. The second-order valence-electron chi connectivity index (χ2n) is 5.64. The topological polar surface area (TPSA) is 67.5 Å². The summed E-state index contributed by atoms with van der Waals surface area (Å²) in [6, 6.07) is 8.06. The van der Waals surface area contributed by atoms with Crippen LogP contribution >= 0.6 is 11.5 Å². The van der Waals surface area contributed by atoms with E-state index in [0.717, 1.165) is 62.4 Å². The maximum atomic E-state index is 5.62. The largest absolute Gasteiger partial charge is 0.497 e. The van der Waals surface area contributed by atoms with Crippen LogP contribution in [0.5, 0.6) is 5.75 Å². The number of aromatic nitrogens is 2. The average molecular weight is 333 g/mol. The van der Waals surface area contributed by atoms with Gasteiger partial charge in [-0.2, -0.15) is 4.37 Å². The quantitative estimate of drug-likeness (QED) is 0.857. The minimum atomic E-state index is 0.726. The van der Waals surface area contributed by atoms with Gasteiger partial charge >= 0.3 is 0 Å². The second-order valence-corrected chi connectivity index (χ2v) is 6.37. The van der Waals surface area contributed by atoms with E-state index in [-0.39, 0.29) is 0 Å². The summed E-state index contributed by atoms with van der Waals surface area (Å²) in [4.78, 5) is 9.42. The summed E-state index contributed by atoms with van der Waals surface area (Å²) >= 11 is 1.49. The Bertz CT molecular complexity index is 624. The lowest BCUT2D eigenvalue weighted by molar-refractivity contribution is 0.265. The number of rotatable bonds is 6. The fourth-order valence-corrected chi connectivity index (χ4v) is 3.49. The lowest BCUT2D eigenvalue weighted by Crippen LogP contribution is -2.47. The first-order chi connectivity index (χ1) is 11.3. The Kier molecular flexibility index (Phi) is 5.43. The maximum absolute atomic E-state index is 5.62. The van der Waals surface area contributed by atoms with E-state index >= 15 is 0 Å². The summed E-state index contributed by atoms with van der Waals surface area (Å²) in [5.41, 5.74) is 6.79. The van der Waals surface area contributed by atoms with Crippen molar-refractivity contribution in [3.05, 3.63) is 35.7 Å². The van der Waals surface area contributed by atoms with Crippen LogP contribution in [0.1, 0.15) is 11.4 Å². The van der Waals surface area contributed by atoms with Gasteiger partial charge in [-0.3, -0.25) is 4.90 Å². The zero-order valence-corrected chi connectivity index (χ0v) is 14.3. The van der Waals surface area contributed by atoms with Gasteiger partial charge < -0.3 is 15.4 Å². The van der Waals surface area contributed by atoms with Gasteiger partial charge in [-0.15, -0.1) is 0 Å². The van der Waals surface area contributed by atoms with Gasteiger partial charge in [-0.25, -0.2) is 4.98 Å². The van der Waals surface area contributed by atoms with Crippen LogP contribution in [0.4, 0.5) is 5.13 Å². The van der Waals surface area contributed by atoms with Crippen LogP contribution in [-0.4, -0.2) is 60.6 Å². The van der Waals surface area contributed by atoms with Crippen LogP contribution in [0, 0.1) is 0 Å². The third-order valence-corrected chi connectivity index (χ3v) is 4.86. The van der Waals surface area contributed by atoms with Gasteiger partial charge in [0, 0.05) is 57.2 Å². The molecule has 1 fully saturated rings. The molecule has 1 aliphatic rings. The molecule has 3 rings (SSSR count). The van der Waals surface area contributed by atoms with E-state index in [1.165, 1.54) is 17.1 Å². The number of ether oxygens (including phenoxy) is 1. The molecule has 1 saturated heterocycles. The molecule has 0 atom stereocenters. The van der Waals surface area contributed by atoms with Gasteiger partial charge in [0.1, 0.15) is 11.6 Å². The van der Waals surface area contributed by atoms with Gasteiger partial charge in [-0.05, 0) is 17.7 Å². The van der Waals surface area contributed by atoms with Crippen LogP contribution in [0.2, 0.25) is 0 Å². The number of hydrogen-bond acceptors (Lipinski definition) is 7. The Labute approximate surface area is 141 Å². The minimum absolute atomic E-state index is 0.726. The summed E-state index contributed by atoms with van der Waals surface area (Å²) < 4.78 is 9.77. The van der Waals surface area contributed by atoms with Crippen molar-refractivity contribution in [3.8, 4) is 5.75 Å². The van der Waals surface area contributed by atoms with Crippen LogP contribution in [0.25, 0.3) is 0 Å². The Morgan fingerprint density at radius 1 is 1.26 bits per heavy atom. The maximum Gasteiger partial charge on any atom is 0.205 e. The monoisotopic (exact) mass is 333 g/mol. The molecule has 0 amide bonds. The number of hydrogen-bond donors (Lipinski definition) is 1. The molecule has 124 valence electrons. The summed E-state index contributed by atoms with van der Waals surface area (Å²) in [5.74, 6) is 1.75. The zero-order chi connectivity index (χ0) is 16.1. The standard InChI is InChI=1S/C16H23N5OS/c1-22-14-4-2-3-13(11-14)12-15-18-16(23-19-15)21-9-7-20(6-5-17)8-10-21/h2-4,11H,5-10,12,17H2,1H3. The van der Waals surface area contributed by atoms with Gasteiger partial charge in [0.25, 0.3) is 0 Å². The first kappa shape index (κ1) is 16.2. The molecular weight excluding hydrogens is 310 g/mol. The molecule has 1 aromatic carbocycles. The molecule has 2 aromatic rings. The molecule has 1 aromatic heterocycles. The van der Waals surface area contributed by atoms with E-state index in [0.29, 0.717) is 0 Å². The Morgan fingerprint density at radius 2 is 2.09 bits per heavy atom. The van der Waals surface area contributed by atoms with Crippen molar-refractivity contribution in [2.24, 2.45) is 5.73 Å². The van der Waals surface area contributed by atoms with Crippen LogP contribution in [0.15, 0.2) is 24.3 Å². The number of benzene rings is 1. The highest BCUT2D eigenvalue weighted by atomic mass is 32.1. The smallest absolute Gasteiger partial charge is 0.205 e. The van der Waals surface area contributed by atoms with E-state index in [1.54, 1.807) is 7.11 Å². The van der Waals surface area contributed by atoms with Crippen molar-refractivity contribution in [3.63, 3.8) is 0 Å². The van der Waals surface area contributed by atoms with Gasteiger partial charge in [-0.1, -0.05) is 12.1 Å². The summed E-state index contributed by atoms with van der Waals surface area (Å²) in [5, 5.41) is 1.02. The van der Waals surface area contributed by atoms with Crippen LogP contribution in [0.3, 0.4) is 0 Å². The van der Waals surface area contributed by atoms with E-state index in [1.807, 2.05) is 18.2 Å². The highest BCUT2D eigenvalue weighted by molar-refractivity contribution is 7.09. The highest BCUT2D eigenvalue weighted by Crippen LogP contribution is 2.21. The van der Waals surface area contributed by atoms with Crippen molar-refractivity contribution in [1.29, 1.82) is 0 Å². The molecule has 23 heavy (non-hydrogen) atoms. The number of methoxy groups -OCH3 is 1. The van der Waals surface area contributed by atoms with E-state index < -0.39 is 0 Å². The Morgan fingerprint density at radius 3 is 2.83 bits per heavy atom. The Balaban J connectivity index is 1.60. The number of anilines is 1. The molecule has 2 heterocycles. The minimum Gasteiger partial charge on any atom is -0.497 e. The third-order valence-electron chi connectivity index (χ3n) is 4.04. The van der Waals surface area contributed by atoms with Crippen molar-refractivity contribution in [1.82, 2.24) is 14.3 Å². The van der Waals surface area contributed by atoms with E-state index in [4.69, 9.17) is 15.5 Å². The molecule has 1 aliphatic heterocycles. The fraction of sp³-hybridized carbons (Fsp3) is 0.500. The van der Waals surface area contributed by atoms with Crippen molar-refractivity contribution in [2.45, 2.75) is 6.42 Å². The molecular formula is C16H23N5OS. The normalized spacial score (nSPS) is 15.8. The first-order valence-corrected chi connectivity index (χ1v) is 8.68. The summed E-state index contributed by atoms with van der Waals surface area (Å²) in [6.45, 7) is 5.78.